The van der Waals surface area contributed by atoms with Crippen molar-refractivity contribution in [1.82, 2.24) is 20.4 Å². The van der Waals surface area contributed by atoms with Crippen molar-refractivity contribution < 1.29 is 19.1 Å². The normalized spacial score (nSPS) is 26.5. The quantitative estimate of drug-likeness (QED) is 0.657. The van der Waals surface area contributed by atoms with Gasteiger partial charge in [0.2, 0.25) is 11.8 Å². The predicted octanol–water partition coefficient (Wildman–Crippen LogP) is 1.61. The van der Waals surface area contributed by atoms with Crippen LogP contribution in [0.5, 0.6) is 0 Å². The first-order valence-corrected chi connectivity index (χ1v) is 12.1. The fraction of sp³-hybridized carbons (Fsp3) is 0.600. The number of likely N-dealkylation sites (tertiary alicyclic amines) is 2. The summed E-state index contributed by atoms with van der Waals surface area (Å²) in [6.07, 6.45) is 2.29. The van der Waals surface area contributed by atoms with E-state index in [0.29, 0.717) is 25.9 Å². The molecule has 3 amide bonds. The molecule has 9 heteroatoms. The zero-order chi connectivity index (χ0) is 24.1. The Labute approximate surface area is 200 Å². The van der Waals surface area contributed by atoms with E-state index in [0.717, 1.165) is 31.5 Å². The summed E-state index contributed by atoms with van der Waals surface area (Å²) in [5.41, 5.74) is 1.06. The van der Waals surface area contributed by atoms with Crippen molar-refractivity contribution in [2.24, 2.45) is 5.92 Å². The number of nitrogens with one attached hydrogen (secondary N) is 2. The summed E-state index contributed by atoms with van der Waals surface area (Å²) in [4.78, 5) is 42.1. The van der Waals surface area contributed by atoms with Crippen molar-refractivity contribution >= 4 is 17.9 Å². The molecule has 0 saturated carbocycles. The summed E-state index contributed by atoms with van der Waals surface area (Å²) in [6, 6.07) is 10.4. The summed E-state index contributed by atoms with van der Waals surface area (Å²) in [5.74, 6) is -0.731. The molecule has 2 N–H and O–H groups in total. The Bertz CT molecular complexity index is 925. The number of nitrogens with zero attached hydrogens (tertiary/aromatic N) is 3. The Morgan fingerprint density at radius 1 is 1.24 bits per heavy atom. The van der Waals surface area contributed by atoms with Gasteiger partial charge in [0.25, 0.3) is 0 Å². The van der Waals surface area contributed by atoms with E-state index < -0.39 is 18.2 Å². The third-order valence-corrected chi connectivity index (χ3v) is 7.20. The van der Waals surface area contributed by atoms with Gasteiger partial charge in [-0.15, -0.1) is 0 Å². The number of benzene rings is 1. The van der Waals surface area contributed by atoms with Crippen LogP contribution in [0.2, 0.25) is 0 Å². The minimum Gasteiger partial charge on any atom is -0.446 e. The molecule has 4 unspecified atom stereocenters. The van der Waals surface area contributed by atoms with Crippen LogP contribution in [-0.2, 0) is 14.3 Å². The van der Waals surface area contributed by atoms with Gasteiger partial charge in [-0.2, -0.15) is 5.26 Å². The van der Waals surface area contributed by atoms with E-state index in [2.05, 4.69) is 21.6 Å². The predicted molar refractivity (Wildman–Crippen MR) is 125 cm³/mol. The lowest BCUT2D eigenvalue weighted by Crippen LogP contribution is -2.50. The minimum atomic E-state index is -0.788. The zero-order valence-corrected chi connectivity index (χ0v) is 19.6. The van der Waals surface area contributed by atoms with E-state index >= 15 is 0 Å². The van der Waals surface area contributed by atoms with Crippen molar-refractivity contribution in [2.75, 3.05) is 33.2 Å². The van der Waals surface area contributed by atoms with E-state index in [-0.39, 0.29) is 36.2 Å². The van der Waals surface area contributed by atoms with Crippen LogP contribution in [0, 0.1) is 17.2 Å². The molecule has 182 valence electrons. The number of ether oxygens (including phenoxy) is 1. The van der Waals surface area contributed by atoms with E-state index in [1.807, 2.05) is 37.4 Å². The number of amides is 3. The summed E-state index contributed by atoms with van der Waals surface area (Å²) in [6.45, 7) is 2.71. The number of nitriles is 1. The van der Waals surface area contributed by atoms with E-state index in [1.54, 1.807) is 0 Å². The molecular weight excluding hydrogens is 434 g/mol. The van der Waals surface area contributed by atoms with Crippen molar-refractivity contribution in [2.45, 2.75) is 56.2 Å². The largest absolute Gasteiger partial charge is 0.446 e. The van der Waals surface area contributed by atoms with Gasteiger partial charge in [0.05, 0.1) is 6.07 Å². The molecule has 1 aromatic rings. The Hall–Kier alpha value is -3.12. The first-order chi connectivity index (χ1) is 16.4. The van der Waals surface area contributed by atoms with Crippen LogP contribution in [0.4, 0.5) is 4.79 Å². The molecule has 4 atom stereocenters. The van der Waals surface area contributed by atoms with Gasteiger partial charge >= 0.3 is 6.09 Å². The standard InChI is InChI=1S/C25H33N5O4/c1-29-11-8-21(9-12-29)34-25(33)30-16-19(17-5-3-2-4-6-17)14-22(30)24(32)28-20(15-26)13-18-7-10-27-23(18)31/h2-6,18-22H,7-14,16H2,1H3,(H,27,31)(H,28,32). The molecule has 1 aromatic carbocycles. The number of piperidine rings is 1. The number of carbonyl (C=O) groups excluding carboxylic acids is 3. The number of rotatable bonds is 6. The summed E-state index contributed by atoms with van der Waals surface area (Å²) >= 11 is 0. The molecule has 3 saturated heterocycles. The van der Waals surface area contributed by atoms with Crippen LogP contribution < -0.4 is 10.6 Å². The molecule has 0 spiro atoms. The Kier molecular flexibility index (Phi) is 7.68. The SMILES string of the molecule is CN1CCC(OC(=O)N2CC(c3ccccc3)CC2C(=O)NC(C#N)CC2CCNC2=O)CC1. The number of hydrogen-bond acceptors (Lipinski definition) is 6. The lowest BCUT2D eigenvalue weighted by atomic mass is 9.95. The van der Waals surface area contributed by atoms with Crippen LogP contribution in [0.1, 0.15) is 43.6 Å². The van der Waals surface area contributed by atoms with Gasteiger partial charge in [-0.05, 0) is 44.7 Å². The van der Waals surface area contributed by atoms with Gasteiger partial charge in [0.15, 0.2) is 0 Å². The van der Waals surface area contributed by atoms with Crippen LogP contribution >= 0.6 is 0 Å². The van der Waals surface area contributed by atoms with Gasteiger partial charge in [-0.1, -0.05) is 30.3 Å². The second kappa shape index (κ2) is 10.9. The highest BCUT2D eigenvalue weighted by Gasteiger charge is 2.42. The Morgan fingerprint density at radius 3 is 2.62 bits per heavy atom. The minimum absolute atomic E-state index is 0.00290. The van der Waals surface area contributed by atoms with Crippen LogP contribution in [-0.4, -0.2) is 79.1 Å². The molecule has 3 aliphatic heterocycles. The molecular formula is C25H33N5O4. The fourth-order valence-corrected chi connectivity index (χ4v) is 5.13. The molecule has 0 aromatic heterocycles. The number of hydrogen-bond donors (Lipinski definition) is 2. The molecule has 4 rings (SSSR count). The molecule has 9 nitrogen and oxygen atoms in total. The third kappa shape index (κ3) is 5.68. The van der Waals surface area contributed by atoms with Crippen molar-refractivity contribution in [3.8, 4) is 6.07 Å². The smallest absolute Gasteiger partial charge is 0.410 e. The Morgan fingerprint density at radius 2 is 1.97 bits per heavy atom. The van der Waals surface area contributed by atoms with Crippen molar-refractivity contribution in [1.29, 1.82) is 5.26 Å². The number of carbonyl (C=O) groups is 3. The van der Waals surface area contributed by atoms with Crippen molar-refractivity contribution in [3.05, 3.63) is 35.9 Å². The topological polar surface area (TPSA) is 115 Å². The summed E-state index contributed by atoms with van der Waals surface area (Å²) in [5, 5.41) is 15.1. The highest BCUT2D eigenvalue weighted by Crippen LogP contribution is 2.33. The monoisotopic (exact) mass is 467 g/mol. The summed E-state index contributed by atoms with van der Waals surface area (Å²) in [7, 11) is 2.05. The maximum atomic E-state index is 13.3. The van der Waals surface area contributed by atoms with Gasteiger partial charge in [0, 0.05) is 38.0 Å². The zero-order valence-electron chi connectivity index (χ0n) is 19.6. The van der Waals surface area contributed by atoms with Gasteiger partial charge in [-0.3, -0.25) is 14.5 Å². The first-order valence-electron chi connectivity index (χ1n) is 12.1. The molecule has 34 heavy (non-hydrogen) atoms. The third-order valence-electron chi connectivity index (χ3n) is 7.20. The molecule has 3 fully saturated rings. The lowest BCUT2D eigenvalue weighted by molar-refractivity contribution is -0.126. The van der Waals surface area contributed by atoms with Gasteiger partial charge in [0.1, 0.15) is 18.2 Å². The molecule has 3 heterocycles. The maximum Gasteiger partial charge on any atom is 0.410 e. The summed E-state index contributed by atoms with van der Waals surface area (Å²) < 4.78 is 5.80. The van der Waals surface area contributed by atoms with Gasteiger partial charge in [-0.25, -0.2) is 4.79 Å². The van der Waals surface area contributed by atoms with E-state index in [9.17, 15) is 19.6 Å². The first kappa shape index (κ1) is 24.0. The molecule has 0 radical (unpaired) electrons. The van der Waals surface area contributed by atoms with E-state index in [4.69, 9.17) is 4.74 Å². The average molecular weight is 468 g/mol. The van der Waals surface area contributed by atoms with Gasteiger partial charge < -0.3 is 20.3 Å². The highest BCUT2D eigenvalue weighted by molar-refractivity contribution is 5.87. The maximum absolute atomic E-state index is 13.3. The van der Waals surface area contributed by atoms with Crippen LogP contribution in [0.25, 0.3) is 0 Å². The van der Waals surface area contributed by atoms with Crippen LogP contribution in [0.3, 0.4) is 0 Å². The second-order valence-electron chi connectivity index (χ2n) is 9.60. The fourth-order valence-electron chi connectivity index (χ4n) is 5.13. The lowest BCUT2D eigenvalue weighted by Gasteiger charge is -2.31. The highest BCUT2D eigenvalue weighted by atomic mass is 16.6. The Balaban J connectivity index is 1.44. The molecule has 0 bridgehead atoms. The second-order valence-corrected chi connectivity index (χ2v) is 9.60. The molecule has 3 aliphatic rings. The van der Waals surface area contributed by atoms with Crippen LogP contribution in [0.15, 0.2) is 30.3 Å². The van der Waals surface area contributed by atoms with E-state index in [1.165, 1.54) is 4.90 Å². The molecule has 0 aliphatic carbocycles. The van der Waals surface area contributed by atoms with Crippen molar-refractivity contribution in [3.63, 3.8) is 0 Å². The average Bonchev–Trinajstić information content (AvgIpc) is 3.47.